The number of amides is 3. The van der Waals surface area contributed by atoms with Crippen LogP contribution in [0.4, 0.5) is 29.3 Å². The van der Waals surface area contributed by atoms with Crippen molar-refractivity contribution in [3.8, 4) is 5.69 Å². The summed E-state index contributed by atoms with van der Waals surface area (Å²) in [7, 11) is 1.63. The van der Waals surface area contributed by atoms with Crippen molar-refractivity contribution in [2.45, 2.75) is 31.7 Å². The number of benzene rings is 1. The van der Waals surface area contributed by atoms with Gasteiger partial charge in [-0.25, -0.2) is 9.78 Å². The summed E-state index contributed by atoms with van der Waals surface area (Å²) in [6.07, 6.45) is -0.585. The molecule has 1 aromatic carbocycles. The molecule has 2 aromatic heterocycles. The maximum atomic E-state index is 13.0. The molecular formula is C24H24F3N5O3. The molecule has 0 saturated carbocycles. The van der Waals surface area contributed by atoms with Crippen LogP contribution < -0.4 is 15.5 Å². The Morgan fingerprint density at radius 1 is 1.14 bits per heavy atom. The number of ether oxygens (including phenoxy) is 1. The summed E-state index contributed by atoms with van der Waals surface area (Å²) < 4.78 is 45.1. The fraction of sp³-hybridized carbons (Fsp3) is 0.292. The molecule has 0 spiro atoms. The number of halogens is 3. The van der Waals surface area contributed by atoms with Gasteiger partial charge >= 0.3 is 12.2 Å². The highest BCUT2D eigenvalue weighted by Gasteiger charge is 2.33. The zero-order valence-electron chi connectivity index (χ0n) is 18.9. The number of anilines is 2. The minimum Gasteiger partial charge on any atom is -0.378 e. The summed E-state index contributed by atoms with van der Waals surface area (Å²) in [5.74, 6) is -0.259. The Labute approximate surface area is 199 Å². The van der Waals surface area contributed by atoms with Gasteiger partial charge in [0.1, 0.15) is 11.7 Å². The molecule has 1 atom stereocenters. The monoisotopic (exact) mass is 487 g/mol. The maximum Gasteiger partial charge on any atom is 0.433 e. The smallest absolute Gasteiger partial charge is 0.378 e. The molecule has 1 aliphatic heterocycles. The van der Waals surface area contributed by atoms with Gasteiger partial charge < -0.3 is 24.8 Å². The molecule has 1 saturated heterocycles. The van der Waals surface area contributed by atoms with Crippen LogP contribution in [0.2, 0.25) is 0 Å². The first-order valence-electron chi connectivity index (χ1n) is 10.9. The van der Waals surface area contributed by atoms with Crippen LogP contribution in [0.5, 0.6) is 0 Å². The second kappa shape index (κ2) is 10.2. The summed E-state index contributed by atoms with van der Waals surface area (Å²) in [5.41, 5.74) is 1.66. The molecule has 3 aromatic rings. The first-order chi connectivity index (χ1) is 16.8. The van der Waals surface area contributed by atoms with Crippen LogP contribution in [0.15, 0.2) is 60.9 Å². The van der Waals surface area contributed by atoms with Gasteiger partial charge in [0, 0.05) is 36.9 Å². The van der Waals surface area contributed by atoms with Crippen molar-refractivity contribution in [2.24, 2.45) is 0 Å². The highest BCUT2D eigenvalue weighted by molar-refractivity contribution is 6.01. The van der Waals surface area contributed by atoms with E-state index < -0.39 is 23.9 Å². The predicted octanol–water partition coefficient (Wildman–Crippen LogP) is 4.35. The van der Waals surface area contributed by atoms with Crippen LogP contribution in [-0.4, -0.2) is 41.2 Å². The Morgan fingerprint density at radius 2 is 1.89 bits per heavy atom. The standard InChI is InChI=1S/C24H24F3N5O3/c1-35-15-19-4-2-12-31(19)17-7-9-18(10-8-17)32-13-3-5-20(22(32)33)30-23(34)29-16-6-11-21(28-14-16)24(25,26)27/h2,4,6-12,14,20H,3,5,13,15H2,1H3,(H2,29,30,34)/t20-/m1/s1. The number of aromatic nitrogens is 2. The highest BCUT2D eigenvalue weighted by atomic mass is 19.4. The third-order valence-corrected chi connectivity index (χ3v) is 5.62. The fourth-order valence-electron chi connectivity index (χ4n) is 3.95. The largest absolute Gasteiger partial charge is 0.433 e. The van der Waals surface area contributed by atoms with E-state index in [1.54, 1.807) is 12.0 Å². The van der Waals surface area contributed by atoms with Crippen molar-refractivity contribution in [3.63, 3.8) is 0 Å². The topological polar surface area (TPSA) is 88.5 Å². The number of carbonyl (C=O) groups excluding carboxylic acids is 2. The third kappa shape index (κ3) is 5.62. The summed E-state index contributed by atoms with van der Waals surface area (Å²) in [4.78, 5) is 30.3. The van der Waals surface area contributed by atoms with Gasteiger partial charge in [-0.15, -0.1) is 0 Å². The summed E-state index contributed by atoms with van der Waals surface area (Å²) >= 11 is 0. The third-order valence-electron chi connectivity index (χ3n) is 5.62. The van der Waals surface area contributed by atoms with Gasteiger partial charge in [0.15, 0.2) is 0 Å². The first kappa shape index (κ1) is 24.3. The summed E-state index contributed by atoms with van der Waals surface area (Å²) in [6.45, 7) is 0.983. The Morgan fingerprint density at radius 3 is 2.54 bits per heavy atom. The number of methoxy groups -OCH3 is 1. The molecule has 0 unspecified atom stereocenters. The Balaban J connectivity index is 1.39. The molecule has 11 heteroatoms. The number of pyridine rings is 1. The molecule has 1 fully saturated rings. The number of alkyl halides is 3. The van der Waals surface area contributed by atoms with Crippen molar-refractivity contribution < 1.29 is 27.5 Å². The molecule has 4 rings (SSSR count). The maximum absolute atomic E-state index is 13.0. The van der Waals surface area contributed by atoms with Crippen molar-refractivity contribution in [1.29, 1.82) is 0 Å². The summed E-state index contributed by atoms with van der Waals surface area (Å²) in [5, 5.41) is 5.03. The quantitative estimate of drug-likeness (QED) is 0.541. The van der Waals surface area contributed by atoms with Crippen LogP contribution in [0.1, 0.15) is 24.2 Å². The molecule has 3 amide bonds. The minimum absolute atomic E-state index is 0.0871. The number of carbonyl (C=O) groups is 2. The molecule has 0 radical (unpaired) electrons. The lowest BCUT2D eigenvalue weighted by Gasteiger charge is -2.32. The first-order valence-corrected chi connectivity index (χ1v) is 10.9. The molecule has 2 N–H and O–H groups in total. The lowest BCUT2D eigenvalue weighted by molar-refractivity contribution is -0.141. The number of nitrogens with zero attached hydrogens (tertiary/aromatic N) is 3. The van der Waals surface area contributed by atoms with E-state index in [9.17, 15) is 22.8 Å². The van der Waals surface area contributed by atoms with E-state index in [0.717, 1.165) is 29.7 Å². The van der Waals surface area contributed by atoms with Gasteiger partial charge in [-0.1, -0.05) is 0 Å². The summed E-state index contributed by atoms with van der Waals surface area (Å²) in [6, 6.07) is 11.8. The molecule has 35 heavy (non-hydrogen) atoms. The van der Waals surface area contributed by atoms with Crippen LogP contribution in [0, 0.1) is 0 Å². The van der Waals surface area contributed by atoms with E-state index in [0.29, 0.717) is 31.7 Å². The van der Waals surface area contributed by atoms with Gasteiger partial charge in [-0.2, -0.15) is 13.2 Å². The van der Waals surface area contributed by atoms with E-state index >= 15 is 0 Å². The lowest BCUT2D eigenvalue weighted by Crippen LogP contribution is -2.53. The van der Waals surface area contributed by atoms with Crippen molar-refractivity contribution >= 4 is 23.3 Å². The number of hydrogen-bond donors (Lipinski definition) is 2. The molecule has 0 aliphatic carbocycles. The molecule has 0 bridgehead atoms. The van der Waals surface area contributed by atoms with E-state index in [4.69, 9.17) is 4.74 Å². The van der Waals surface area contributed by atoms with Crippen molar-refractivity contribution in [2.75, 3.05) is 23.9 Å². The van der Waals surface area contributed by atoms with Crippen LogP contribution in [-0.2, 0) is 22.3 Å². The Hall–Kier alpha value is -3.86. The van der Waals surface area contributed by atoms with E-state index in [2.05, 4.69) is 15.6 Å². The normalized spacial score (nSPS) is 16.3. The van der Waals surface area contributed by atoms with Crippen LogP contribution in [0.25, 0.3) is 5.69 Å². The van der Waals surface area contributed by atoms with Gasteiger partial charge in [0.25, 0.3) is 0 Å². The zero-order chi connectivity index (χ0) is 25.0. The van der Waals surface area contributed by atoms with Gasteiger partial charge in [0.2, 0.25) is 5.91 Å². The molecule has 1 aliphatic rings. The van der Waals surface area contributed by atoms with Gasteiger partial charge in [-0.05, 0) is 61.4 Å². The minimum atomic E-state index is -4.56. The van der Waals surface area contributed by atoms with Gasteiger partial charge in [0.05, 0.1) is 18.5 Å². The number of nitrogens with one attached hydrogen (secondary N) is 2. The van der Waals surface area contributed by atoms with Crippen LogP contribution >= 0.6 is 0 Å². The number of urea groups is 1. The highest BCUT2D eigenvalue weighted by Crippen LogP contribution is 2.28. The van der Waals surface area contributed by atoms with Gasteiger partial charge in [-0.3, -0.25) is 4.79 Å². The SMILES string of the molecule is COCc1cccn1-c1ccc(N2CCC[C@@H](NC(=O)Nc3ccc(C(F)(F)F)nc3)C2=O)cc1. The van der Waals surface area contributed by atoms with E-state index in [1.807, 2.05) is 47.2 Å². The van der Waals surface area contributed by atoms with E-state index in [-0.39, 0.29) is 11.6 Å². The molecule has 184 valence electrons. The average molecular weight is 487 g/mol. The second-order valence-corrected chi connectivity index (χ2v) is 8.03. The number of piperidine rings is 1. The fourth-order valence-corrected chi connectivity index (χ4v) is 3.95. The molecule has 3 heterocycles. The second-order valence-electron chi connectivity index (χ2n) is 8.03. The average Bonchev–Trinajstić information content (AvgIpc) is 3.29. The Bertz CT molecular complexity index is 1180. The van der Waals surface area contributed by atoms with E-state index in [1.165, 1.54) is 0 Å². The molecule has 8 nitrogen and oxygen atoms in total. The number of rotatable bonds is 6. The molecular weight excluding hydrogens is 463 g/mol. The number of hydrogen-bond acceptors (Lipinski definition) is 4. The van der Waals surface area contributed by atoms with Crippen LogP contribution in [0.3, 0.4) is 0 Å². The van der Waals surface area contributed by atoms with Crippen molar-refractivity contribution in [3.05, 3.63) is 72.3 Å². The van der Waals surface area contributed by atoms with Crippen molar-refractivity contribution in [1.82, 2.24) is 14.9 Å². The predicted molar refractivity (Wildman–Crippen MR) is 123 cm³/mol. The lowest BCUT2D eigenvalue weighted by atomic mass is 10.0. The zero-order valence-corrected chi connectivity index (χ0v) is 18.9. The Kier molecular flexibility index (Phi) is 7.06.